The average Bonchev–Trinajstić information content (AvgIpc) is 3.58. The molecule has 4 aliphatic heterocycles. The lowest BCUT2D eigenvalue weighted by Gasteiger charge is -2.26. The van der Waals surface area contributed by atoms with Gasteiger partial charge in [0, 0.05) is 61.4 Å². The summed E-state index contributed by atoms with van der Waals surface area (Å²) in [6.07, 6.45) is 22.8. The van der Waals surface area contributed by atoms with Crippen molar-refractivity contribution in [1.29, 1.82) is 0 Å². The number of fused-ring (bicyclic) bond motifs is 2. The van der Waals surface area contributed by atoms with Gasteiger partial charge in [0.05, 0.1) is 23.7 Å². The highest BCUT2D eigenvalue weighted by atomic mass is 35.5. The second-order valence-electron chi connectivity index (χ2n) is 13.5. The van der Waals surface area contributed by atoms with Crippen molar-refractivity contribution in [1.82, 2.24) is 9.80 Å². The number of aryl methyl sites for hydroxylation is 1. The van der Waals surface area contributed by atoms with Crippen LogP contribution in [-0.4, -0.2) is 70.2 Å². The number of aliphatic imine (C=N–C) groups is 2. The van der Waals surface area contributed by atoms with Gasteiger partial charge in [0.2, 0.25) is 0 Å². The van der Waals surface area contributed by atoms with Crippen molar-refractivity contribution in [2.45, 2.75) is 83.6 Å². The monoisotopic (exact) mass is 672 g/mol. The summed E-state index contributed by atoms with van der Waals surface area (Å²) in [4.78, 5) is 36.1. The number of nitrogens with zero attached hydrogens (tertiary/aromatic N) is 5. The third-order valence-electron chi connectivity index (χ3n) is 9.27. The number of halogens is 1. The van der Waals surface area contributed by atoms with Crippen molar-refractivity contribution >= 4 is 40.9 Å². The van der Waals surface area contributed by atoms with Crippen molar-refractivity contribution in [2.24, 2.45) is 9.98 Å². The lowest BCUT2D eigenvalue weighted by Crippen LogP contribution is -2.34. The van der Waals surface area contributed by atoms with E-state index in [-0.39, 0.29) is 18.3 Å². The molecule has 1 aromatic heterocycles. The first-order valence-electron chi connectivity index (χ1n) is 17.0. The molecule has 0 unspecified atom stereocenters. The van der Waals surface area contributed by atoms with E-state index in [1.165, 1.54) is 11.1 Å². The fraction of sp³-hybridized carbons (Fsp3) is 0.447. The Hall–Kier alpha value is -4.08. The van der Waals surface area contributed by atoms with Crippen molar-refractivity contribution in [3.63, 3.8) is 0 Å². The number of carboxylic acids is 2. The number of amidine groups is 1. The van der Waals surface area contributed by atoms with Crippen LogP contribution in [0, 0.1) is 0 Å². The van der Waals surface area contributed by atoms with Gasteiger partial charge in [-0.05, 0) is 99.5 Å². The van der Waals surface area contributed by atoms with Crippen LogP contribution in [0.15, 0.2) is 98.4 Å². The summed E-state index contributed by atoms with van der Waals surface area (Å²) in [6.45, 7) is 7.50. The predicted octanol–water partition coefficient (Wildman–Crippen LogP) is 6.99. The third-order valence-corrected chi connectivity index (χ3v) is 9.75. The lowest BCUT2D eigenvalue weighted by atomic mass is 9.82. The van der Waals surface area contributed by atoms with Crippen LogP contribution < -0.4 is 4.57 Å². The molecule has 48 heavy (non-hydrogen) atoms. The Bertz CT molecular complexity index is 1680. The lowest BCUT2D eigenvalue weighted by molar-refractivity contribution is -0.684. The number of carbonyl (C=O) groups is 2. The van der Waals surface area contributed by atoms with E-state index in [2.05, 4.69) is 90.0 Å². The second kappa shape index (κ2) is 15.9. The standard InChI is InChI=1S/C38H46ClN5O4/c1-38(2)31-13-11-23-44(21-9-5-7-15-34(47)48)37(31)41-32(38)19-17-29-26-42(3)25-28(35(29)39)16-18-30-24-27-12-10-22-43(36(27)40-30)20-8-4-6-14-33(45)46/h10-13,16-19,22-23H,4-9,14-15,20-21,24-26H2,1-3H3,(H-,45,46,47,48)/p+1. The molecule has 0 saturated heterocycles. The highest BCUT2D eigenvalue weighted by Crippen LogP contribution is 2.38. The van der Waals surface area contributed by atoms with E-state index < -0.39 is 11.9 Å². The van der Waals surface area contributed by atoms with Crippen molar-refractivity contribution in [3.05, 3.63) is 94.0 Å². The van der Waals surface area contributed by atoms with Gasteiger partial charge in [-0.3, -0.25) is 14.5 Å². The van der Waals surface area contributed by atoms with Gasteiger partial charge >= 0.3 is 17.8 Å². The number of hydrogen-bond donors (Lipinski definition) is 2. The van der Waals surface area contributed by atoms with Gasteiger partial charge < -0.3 is 15.1 Å². The van der Waals surface area contributed by atoms with Gasteiger partial charge in [-0.2, -0.15) is 0 Å². The number of rotatable bonds is 15. The Morgan fingerprint density at radius 1 is 1.00 bits per heavy atom. The second-order valence-corrected chi connectivity index (χ2v) is 13.9. The minimum absolute atomic E-state index is 0.211. The molecule has 4 aliphatic rings. The molecule has 0 atom stereocenters. The van der Waals surface area contributed by atoms with Crippen molar-refractivity contribution in [2.75, 3.05) is 26.7 Å². The predicted molar refractivity (Wildman–Crippen MR) is 191 cm³/mol. The third kappa shape index (κ3) is 8.68. The fourth-order valence-electron chi connectivity index (χ4n) is 6.57. The van der Waals surface area contributed by atoms with Gasteiger partial charge in [-0.15, -0.1) is 0 Å². The van der Waals surface area contributed by atoms with Crippen LogP contribution in [0.4, 0.5) is 5.82 Å². The molecule has 0 spiro atoms. The zero-order valence-electron chi connectivity index (χ0n) is 28.3. The summed E-state index contributed by atoms with van der Waals surface area (Å²) in [5, 5.41) is 18.6. The quantitative estimate of drug-likeness (QED) is 0.154. The summed E-state index contributed by atoms with van der Waals surface area (Å²) in [7, 11) is 2.10. The van der Waals surface area contributed by atoms with E-state index >= 15 is 0 Å². The van der Waals surface area contributed by atoms with Crippen molar-refractivity contribution in [3.8, 4) is 0 Å². The number of hydrogen-bond acceptors (Lipinski definition) is 6. The van der Waals surface area contributed by atoms with Crippen LogP contribution in [0.5, 0.6) is 0 Å². The zero-order valence-corrected chi connectivity index (χ0v) is 29.0. The van der Waals surface area contributed by atoms with Gasteiger partial charge in [-0.1, -0.05) is 36.2 Å². The average molecular weight is 673 g/mol. The zero-order chi connectivity index (χ0) is 34.3. The molecule has 0 saturated carbocycles. The van der Waals surface area contributed by atoms with E-state index in [9.17, 15) is 9.59 Å². The number of likely N-dealkylation sites (N-methyl/N-ethyl adjacent to an activating group) is 1. The molecular weight excluding hydrogens is 626 g/mol. The summed E-state index contributed by atoms with van der Waals surface area (Å²) in [6, 6.07) is 4.22. The van der Waals surface area contributed by atoms with Crippen LogP contribution in [0.2, 0.25) is 0 Å². The topological polar surface area (TPSA) is 110 Å². The summed E-state index contributed by atoms with van der Waals surface area (Å²) >= 11 is 7.04. The van der Waals surface area contributed by atoms with Gasteiger partial charge in [0.15, 0.2) is 5.71 Å². The van der Waals surface area contributed by atoms with E-state index in [1.807, 2.05) is 6.20 Å². The van der Waals surface area contributed by atoms with E-state index in [0.717, 1.165) is 97.5 Å². The Balaban J connectivity index is 1.28. The molecule has 0 amide bonds. The summed E-state index contributed by atoms with van der Waals surface area (Å²) in [5.74, 6) is 0.463. The molecule has 0 aliphatic carbocycles. The van der Waals surface area contributed by atoms with Gasteiger partial charge in [0.25, 0.3) is 0 Å². The smallest absolute Gasteiger partial charge is 0.327 e. The summed E-state index contributed by atoms with van der Waals surface area (Å²) in [5.41, 5.74) is 6.19. The first-order chi connectivity index (χ1) is 23.0. The molecule has 254 valence electrons. The van der Waals surface area contributed by atoms with Gasteiger partial charge in [-0.25, -0.2) is 9.56 Å². The maximum atomic E-state index is 10.9. The normalized spacial score (nSPS) is 20.4. The fourth-order valence-corrected chi connectivity index (χ4v) is 6.81. The number of aliphatic carboxylic acids is 2. The molecule has 0 aromatic carbocycles. The van der Waals surface area contributed by atoms with E-state index in [1.54, 1.807) is 0 Å². The molecule has 9 nitrogen and oxygen atoms in total. The number of pyridine rings is 1. The van der Waals surface area contributed by atoms with E-state index in [4.69, 9.17) is 31.8 Å². The van der Waals surface area contributed by atoms with Crippen LogP contribution in [0.25, 0.3) is 0 Å². The Kier molecular flexibility index (Phi) is 11.7. The molecule has 10 heteroatoms. The molecule has 2 N–H and O–H groups in total. The number of aromatic nitrogens is 1. The minimum Gasteiger partial charge on any atom is -0.481 e. The first-order valence-corrected chi connectivity index (χ1v) is 17.3. The molecule has 5 heterocycles. The Morgan fingerprint density at radius 2 is 1.75 bits per heavy atom. The SMILES string of the molecule is CN1CC(/C=C/C2=Nc3c(ccc[n+]3CCCCCC(=O)O)C2(C)C)=C(Cl)C(=C/C=C2\CC3=CC=CN(CCCCCC(=O)O)C3=N2)/C1. The molecule has 5 rings (SSSR count). The maximum Gasteiger partial charge on any atom is 0.327 e. The largest absolute Gasteiger partial charge is 0.481 e. The van der Waals surface area contributed by atoms with E-state index in [0.29, 0.717) is 12.8 Å². The maximum absolute atomic E-state index is 10.9. The highest BCUT2D eigenvalue weighted by Gasteiger charge is 2.42. The highest BCUT2D eigenvalue weighted by molar-refractivity contribution is 6.32. The number of allylic oxidation sites excluding steroid dienone is 6. The van der Waals surface area contributed by atoms with Crippen LogP contribution in [0.1, 0.15) is 77.2 Å². The Morgan fingerprint density at radius 3 is 2.50 bits per heavy atom. The van der Waals surface area contributed by atoms with Crippen molar-refractivity contribution < 1.29 is 24.4 Å². The summed E-state index contributed by atoms with van der Waals surface area (Å²) < 4.78 is 2.18. The van der Waals surface area contributed by atoms with Gasteiger partial charge in [0.1, 0.15) is 5.84 Å². The minimum atomic E-state index is -0.742. The number of carboxylic acid groups (broad SMARTS) is 2. The number of unbranched alkanes of at least 4 members (excludes halogenated alkanes) is 4. The molecule has 1 aromatic rings. The van der Waals surface area contributed by atoms with Crippen LogP contribution in [-0.2, 0) is 21.5 Å². The first kappa shape index (κ1) is 35.2. The molecule has 0 radical (unpaired) electrons. The molecule has 0 bridgehead atoms. The van der Waals surface area contributed by atoms with Crippen LogP contribution in [0.3, 0.4) is 0 Å². The van der Waals surface area contributed by atoms with Crippen LogP contribution >= 0.6 is 11.6 Å². The Labute approximate surface area is 288 Å². The molecular formula is C38H47ClN5O4+. The molecule has 0 fully saturated rings.